The Hall–Kier alpha value is -1.35. The van der Waals surface area contributed by atoms with Crippen LogP contribution in [0.25, 0.3) is 0 Å². The molecule has 0 aromatic heterocycles. The van der Waals surface area contributed by atoms with Gasteiger partial charge in [-0.05, 0) is 38.9 Å². The zero-order valence-electron chi connectivity index (χ0n) is 11.3. The number of carbonyl (C=O) groups is 1. The highest BCUT2D eigenvalue weighted by Gasteiger charge is 2.35. The monoisotopic (exact) mass is 246 g/mol. The first kappa shape index (κ1) is 13.1. The van der Waals surface area contributed by atoms with Crippen molar-refractivity contribution in [2.75, 3.05) is 25.5 Å². The SMILES string of the molecule is CNCC1(CNc2cccc(C(C)=O)c2)CCC1. The highest BCUT2D eigenvalue weighted by atomic mass is 16.1. The molecule has 2 N–H and O–H groups in total. The molecule has 1 aliphatic rings. The summed E-state index contributed by atoms with van der Waals surface area (Å²) in [6.07, 6.45) is 3.90. The summed E-state index contributed by atoms with van der Waals surface area (Å²) in [5.74, 6) is 0.118. The molecule has 0 unspecified atom stereocenters. The fraction of sp³-hybridized carbons (Fsp3) is 0.533. The van der Waals surface area contributed by atoms with Gasteiger partial charge < -0.3 is 10.6 Å². The second-order valence-corrected chi connectivity index (χ2v) is 5.37. The second kappa shape index (κ2) is 5.53. The van der Waals surface area contributed by atoms with Crippen molar-refractivity contribution >= 4 is 11.5 Å². The molecule has 1 aliphatic carbocycles. The Morgan fingerprint density at radius 1 is 1.33 bits per heavy atom. The van der Waals surface area contributed by atoms with Gasteiger partial charge in [-0.1, -0.05) is 18.6 Å². The number of nitrogens with one attached hydrogen (secondary N) is 2. The van der Waals surface area contributed by atoms with Crippen LogP contribution < -0.4 is 10.6 Å². The third-order valence-electron chi connectivity index (χ3n) is 3.90. The Morgan fingerprint density at radius 2 is 2.11 bits per heavy atom. The van der Waals surface area contributed by atoms with Crippen LogP contribution in [0, 0.1) is 5.41 Å². The Kier molecular flexibility index (Phi) is 4.02. The van der Waals surface area contributed by atoms with E-state index in [1.807, 2.05) is 31.3 Å². The molecule has 18 heavy (non-hydrogen) atoms. The van der Waals surface area contributed by atoms with Gasteiger partial charge in [-0.25, -0.2) is 0 Å². The van der Waals surface area contributed by atoms with Crippen molar-refractivity contribution in [1.29, 1.82) is 0 Å². The van der Waals surface area contributed by atoms with Crippen molar-refractivity contribution in [2.45, 2.75) is 26.2 Å². The molecule has 0 atom stereocenters. The molecule has 0 aliphatic heterocycles. The fourth-order valence-electron chi connectivity index (χ4n) is 2.61. The number of hydrogen-bond acceptors (Lipinski definition) is 3. The Labute approximate surface area is 109 Å². The van der Waals surface area contributed by atoms with E-state index in [0.717, 1.165) is 24.3 Å². The van der Waals surface area contributed by atoms with E-state index in [1.54, 1.807) is 6.92 Å². The van der Waals surface area contributed by atoms with Crippen LogP contribution in [-0.4, -0.2) is 25.9 Å². The molecule has 0 heterocycles. The maximum atomic E-state index is 11.3. The maximum absolute atomic E-state index is 11.3. The normalized spacial score (nSPS) is 17.0. The molecular weight excluding hydrogens is 224 g/mol. The van der Waals surface area contributed by atoms with E-state index in [0.29, 0.717) is 5.41 Å². The summed E-state index contributed by atoms with van der Waals surface area (Å²) < 4.78 is 0. The maximum Gasteiger partial charge on any atom is 0.159 e. The lowest BCUT2D eigenvalue weighted by atomic mass is 9.68. The number of carbonyl (C=O) groups excluding carboxylic acids is 1. The van der Waals surface area contributed by atoms with Crippen LogP contribution >= 0.6 is 0 Å². The predicted molar refractivity (Wildman–Crippen MR) is 75.1 cm³/mol. The summed E-state index contributed by atoms with van der Waals surface area (Å²) >= 11 is 0. The molecule has 0 radical (unpaired) electrons. The van der Waals surface area contributed by atoms with Crippen molar-refractivity contribution in [3.05, 3.63) is 29.8 Å². The standard InChI is InChI=1S/C15H22N2O/c1-12(18)13-5-3-6-14(9-13)17-11-15(10-16-2)7-4-8-15/h3,5-6,9,16-17H,4,7-8,10-11H2,1-2H3. The topological polar surface area (TPSA) is 41.1 Å². The first-order valence-electron chi connectivity index (χ1n) is 6.65. The molecule has 0 bridgehead atoms. The largest absolute Gasteiger partial charge is 0.384 e. The van der Waals surface area contributed by atoms with Crippen molar-refractivity contribution in [1.82, 2.24) is 5.32 Å². The highest BCUT2D eigenvalue weighted by molar-refractivity contribution is 5.94. The quantitative estimate of drug-likeness (QED) is 0.758. The summed E-state index contributed by atoms with van der Waals surface area (Å²) in [7, 11) is 2.01. The molecule has 3 heteroatoms. The zero-order valence-corrected chi connectivity index (χ0v) is 11.3. The van der Waals surface area contributed by atoms with Gasteiger partial charge in [0, 0.05) is 29.8 Å². The van der Waals surface area contributed by atoms with Crippen LogP contribution in [0.2, 0.25) is 0 Å². The van der Waals surface area contributed by atoms with Gasteiger partial charge in [0.25, 0.3) is 0 Å². The summed E-state index contributed by atoms with van der Waals surface area (Å²) in [6, 6.07) is 7.76. The van der Waals surface area contributed by atoms with Gasteiger partial charge in [-0.2, -0.15) is 0 Å². The second-order valence-electron chi connectivity index (χ2n) is 5.37. The van der Waals surface area contributed by atoms with Crippen molar-refractivity contribution in [3.8, 4) is 0 Å². The van der Waals surface area contributed by atoms with Gasteiger partial charge in [0.1, 0.15) is 0 Å². The number of ketones is 1. The first-order chi connectivity index (χ1) is 8.65. The molecule has 1 fully saturated rings. The number of rotatable bonds is 6. The minimum Gasteiger partial charge on any atom is -0.384 e. The van der Waals surface area contributed by atoms with E-state index in [2.05, 4.69) is 10.6 Å². The molecule has 3 nitrogen and oxygen atoms in total. The molecule has 1 aromatic rings. The molecule has 0 amide bonds. The summed E-state index contributed by atoms with van der Waals surface area (Å²) in [4.78, 5) is 11.3. The first-order valence-corrected chi connectivity index (χ1v) is 6.65. The highest BCUT2D eigenvalue weighted by Crippen LogP contribution is 2.40. The molecule has 0 spiro atoms. The Morgan fingerprint density at radius 3 is 2.67 bits per heavy atom. The minimum atomic E-state index is 0.118. The van der Waals surface area contributed by atoms with Gasteiger partial charge in [0.2, 0.25) is 0 Å². The van der Waals surface area contributed by atoms with E-state index in [-0.39, 0.29) is 5.78 Å². The lowest BCUT2D eigenvalue weighted by Gasteiger charge is -2.42. The van der Waals surface area contributed by atoms with Gasteiger partial charge in [-0.15, -0.1) is 0 Å². The zero-order chi connectivity index (χ0) is 13.0. The predicted octanol–water partition coefficient (Wildman–Crippen LogP) is 2.69. The molecule has 98 valence electrons. The smallest absolute Gasteiger partial charge is 0.159 e. The molecular formula is C15H22N2O. The van der Waals surface area contributed by atoms with Gasteiger partial charge in [-0.3, -0.25) is 4.79 Å². The number of benzene rings is 1. The molecule has 2 rings (SSSR count). The van der Waals surface area contributed by atoms with Crippen LogP contribution in [0.4, 0.5) is 5.69 Å². The lowest BCUT2D eigenvalue weighted by Crippen LogP contribution is -2.44. The van der Waals surface area contributed by atoms with Gasteiger partial charge in [0.15, 0.2) is 5.78 Å². The van der Waals surface area contributed by atoms with E-state index in [1.165, 1.54) is 19.3 Å². The summed E-state index contributed by atoms with van der Waals surface area (Å²) in [5.41, 5.74) is 2.22. The third kappa shape index (κ3) is 2.91. The van der Waals surface area contributed by atoms with Crippen LogP contribution in [0.5, 0.6) is 0 Å². The van der Waals surface area contributed by atoms with Crippen molar-refractivity contribution < 1.29 is 4.79 Å². The van der Waals surface area contributed by atoms with Gasteiger partial charge in [0.05, 0.1) is 0 Å². The van der Waals surface area contributed by atoms with Crippen LogP contribution in [0.1, 0.15) is 36.5 Å². The van der Waals surface area contributed by atoms with Crippen molar-refractivity contribution in [3.63, 3.8) is 0 Å². The van der Waals surface area contributed by atoms with E-state index in [9.17, 15) is 4.79 Å². The fourth-order valence-corrected chi connectivity index (χ4v) is 2.61. The van der Waals surface area contributed by atoms with Crippen LogP contribution in [-0.2, 0) is 0 Å². The van der Waals surface area contributed by atoms with E-state index < -0.39 is 0 Å². The molecule has 1 aromatic carbocycles. The van der Waals surface area contributed by atoms with E-state index >= 15 is 0 Å². The lowest BCUT2D eigenvalue weighted by molar-refractivity contribution is 0.101. The summed E-state index contributed by atoms with van der Waals surface area (Å²) in [5, 5.41) is 6.76. The number of anilines is 1. The van der Waals surface area contributed by atoms with Crippen LogP contribution in [0.3, 0.4) is 0 Å². The molecule has 1 saturated carbocycles. The van der Waals surface area contributed by atoms with Crippen LogP contribution in [0.15, 0.2) is 24.3 Å². The molecule has 0 saturated heterocycles. The van der Waals surface area contributed by atoms with E-state index in [4.69, 9.17) is 0 Å². The number of hydrogen-bond donors (Lipinski definition) is 2. The minimum absolute atomic E-state index is 0.118. The Bertz CT molecular complexity index is 424. The van der Waals surface area contributed by atoms with Gasteiger partial charge >= 0.3 is 0 Å². The van der Waals surface area contributed by atoms with Crippen molar-refractivity contribution in [2.24, 2.45) is 5.41 Å². The Balaban J connectivity index is 1.97. The number of Topliss-reactive ketones (excluding diaryl/α,β-unsaturated/α-hetero) is 1. The summed E-state index contributed by atoms with van der Waals surface area (Å²) in [6.45, 7) is 3.65. The third-order valence-corrected chi connectivity index (χ3v) is 3.90. The average molecular weight is 246 g/mol. The average Bonchev–Trinajstić information content (AvgIpc) is 2.33.